The molecule has 2 aromatic carbocycles. The predicted octanol–water partition coefficient (Wildman–Crippen LogP) is 6.46. The van der Waals surface area contributed by atoms with Crippen LogP contribution in [-0.4, -0.2) is 53.0 Å². The lowest BCUT2D eigenvalue weighted by molar-refractivity contribution is -0.141. The number of hydrogen-bond acceptors (Lipinski definition) is 6. The van der Waals surface area contributed by atoms with E-state index in [0.29, 0.717) is 23.8 Å². The van der Waals surface area contributed by atoms with Crippen molar-refractivity contribution < 1.29 is 19.1 Å². The zero-order chi connectivity index (χ0) is 32.2. The number of fused-ring (bicyclic) bond motifs is 1. The maximum atomic E-state index is 13.8. The van der Waals surface area contributed by atoms with Crippen molar-refractivity contribution in [3.05, 3.63) is 75.1 Å². The van der Waals surface area contributed by atoms with Crippen molar-refractivity contribution in [1.29, 1.82) is 0 Å². The topological polar surface area (TPSA) is 112 Å². The van der Waals surface area contributed by atoms with Crippen LogP contribution in [0.15, 0.2) is 57.7 Å². The molecule has 2 amide bonds. The number of benzene rings is 2. The maximum Gasteiger partial charge on any atom is 0.287 e. The Morgan fingerprint density at radius 2 is 1.73 bits per heavy atom. The van der Waals surface area contributed by atoms with Gasteiger partial charge in [0.25, 0.3) is 5.91 Å². The lowest BCUT2D eigenvalue weighted by Gasteiger charge is -2.47. The summed E-state index contributed by atoms with van der Waals surface area (Å²) in [7, 11) is 0. The standard InChI is InChI=1S/C36H46ClN3O5/c1-35(2,3)39-34(44)36(25-7-5-4-6-8-25)16-19-40(20-17-36)18-15-27(21-24-9-11-26(37)12-10-24)38-33(43)32-23-30(42)29-22-28(41)13-14-31(29)45-32/h9-14,22-23,25,27,41H,4-8,15-21H2,1-3H3,(H,38,43)(H,39,44)/t27-/m1/s1. The van der Waals surface area contributed by atoms with Gasteiger partial charge >= 0.3 is 0 Å². The zero-order valence-corrected chi connectivity index (χ0v) is 27.4. The summed E-state index contributed by atoms with van der Waals surface area (Å²) in [4.78, 5) is 42.3. The highest BCUT2D eigenvalue weighted by Crippen LogP contribution is 2.46. The van der Waals surface area contributed by atoms with E-state index in [4.69, 9.17) is 16.0 Å². The molecule has 0 bridgehead atoms. The zero-order valence-electron chi connectivity index (χ0n) is 26.7. The molecule has 1 saturated heterocycles. The molecule has 45 heavy (non-hydrogen) atoms. The lowest BCUT2D eigenvalue weighted by atomic mass is 9.63. The minimum atomic E-state index is -0.463. The van der Waals surface area contributed by atoms with Crippen LogP contribution in [0.25, 0.3) is 11.0 Å². The smallest absolute Gasteiger partial charge is 0.287 e. The summed E-state index contributed by atoms with van der Waals surface area (Å²) in [5.41, 5.74) is 0.288. The summed E-state index contributed by atoms with van der Waals surface area (Å²) >= 11 is 6.12. The third-order valence-electron chi connectivity index (χ3n) is 9.53. The van der Waals surface area contributed by atoms with E-state index in [9.17, 15) is 19.5 Å². The minimum absolute atomic E-state index is 0.0430. The van der Waals surface area contributed by atoms with E-state index in [1.807, 2.05) is 24.3 Å². The van der Waals surface area contributed by atoms with Gasteiger partial charge in [0.1, 0.15) is 11.3 Å². The summed E-state index contributed by atoms with van der Waals surface area (Å²) in [6.45, 7) is 8.60. The summed E-state index contributed by atoms with van der Waals surface area (Å²) in [6, 6.07) is 12.8. The van der Waals surface area contributed by atoms with Crippen LogP contribution in [0.1, 0.15) is 88.3 Å². The molecule has 1 aliphatic carbocycles. The van der Waals surface area contributed by atoms with E-state index in [-0.39, 0.29) is 45.4 Å². The number of aromatic hydroxyl groups is 1. The Bertz CT molecular complexity index is 1550. The molecule has 1 aliphatic heterocycles. The van der Waals surface area contributed by atoms with Crippen LogP contribution in [0.4, 0.5) is 0 Å². The summed E-state index contributed by atoms with van der Waals surface area (Å²) in [6.07, 6.45) is 8.85. The van der Waals surface area contributed by atoms with Gasteiger partial charge in [-0.3, -0.25) is 14.4 Å². The van der Waals surface area contributed by atoms with Crippen LogP contribution in [0.3, 0.4) is 0 Å². The fourth-order valence-corrected chi connectivity index (χ4v) is 7.22. The molecule has 5 rings (SSSR count). The number of likely N-dealkylation sites (tertiary alicyclic amines) is 1. The molecule has 8 nitrogen and oxygen atoms in total. The van der Waals surface area contributed by atoms with E-state index in [1.165, 1.54) is 43.5 Å². The van der Waals surface area contributed by atoms with Gasteiger partial charge in [-0.05, 0) is 114 Å². The normalized spacial score (nSPS) is 18.4. The Balaban J connectivity index is 1.28. The first-order chi connectivity index (χ1) is 21.4. The van der Waals surface area contributed by atoms with Crippen molar-refractivity contribution in [1.82, 2.24) is 15.5 Å². The molecule has 3 aromatic rings. The first kappa shape index (κ1) is 33.0. The number of phenols is 1. The number of carbonyl (C=O) groups excluding carboxylic acids is 2. The molecule has 1 saturated carbocycles. The molecule has 0 unspecified atom stereocenters. The lowest BCUT2D eigenvalue weighted by Crippen LogP contribution is -2.56. The molecular weight excluding hydrogens is 590 g/mol. The van der Waals surface area contributed by atoms with Crippen LogP contribution < -0.4 is 16.1 Å². The van der Waals surface area contributed by atoms with Crippen LogP contribution in [-0.2, 0) is 11.2 Å². The van der Waals surface area contributed by atoms with Gasteiger partial charge in [-0.1, -0.05) is 43.0 Å². The van der Waals surface area contributed by atoms with E-state index < -0.39 is 11.3 Å². The largest absolute Gasteiger partial charge is 0.508 e. The highest BCUT2D eigenvalue weighted by atomic mass is 35.5. The number of nitrogens with one attached hydrogen (secondary N) is 2. The summed E-state index contributed by atoms with van der Waals surface area (Å²) in [5.74, 6) is 0.0580. The molecule has 1 aromatic heterocycles. The number of amides is 2. The van der Waals surface area contributed by atoms with Crippen molar-refractivity contribution in [2.24, 2.45) is 11.3 Å². The number of phenolic OH excluding ortho intramolecular Hbond substituents is 1. The van der Waals surface area contributed by atoms with Crippen molar-refractivity contribution in [2.45, 2.75) is 90.1 Å². The number of carbonyl (C=O) groups is 2. The molecule has 1 atom stereocenters. The second-order valence-corrected chi connectivity index (χ2v) is 14.4. The van der Waals surface area contributed by atoms with E-state index in [2.05, 4.69) is 36.3 Å². The van der Waals surface area contributed by atoms with Gasteiger partial charge in [0.15, 0.2) is 11.2 Å². The van der Waals surface area contributed by atoms with Gasteiger partial charge in [-0.15, -0.1) is 0 Å². The quantitative estimate of drug-likeness (QED) is 0.249. The SMILES string of the molecule is CC(C)(C)NC(=O)C1(C2CCCCC2)CCN(CC[C@H](Cc2ccc(Cl)cc2)NC(=O)c2cc(=O)c3cc(O)ccc3o2)CC1. The Hall–Kier alpha value is -3.36. The highest BCUT2D eigenvalue weighted by molar-refractivity contribution is 6.30. The van der Waals surface area contributed by atoms with Gasteiger partial charge < -0.3 is 25.1 Å². The second-order valence-electron chi connectivity index (χ2n) is 14.0. The predicted molar refractivity (Wildman–Crippen MR) is 178 cm³/mol. The number of rotatable bonds is 9. The second kappa shape index (κ2) is 14.0. The maximum absolute atomic E-state index is 13.8. The van der Waals surface area contributed by atoms with Gasteiger partial charge in [-0.2, -0.15) is 0 Å². The Morgan fingerprint density at radius 3 is 2.40 bits per heavy atom. The molecule has 3 N–H and O–H groups in total. The summed E-state index contributed by atoms with van der Waals surface area (Å²) in [5, 5.41) is 17.0. The van der Waals surface area contributed by atoms with Gasteiger partial charge in [0.05, 0.1) is 10.8 Å². The summed E-state index contributed by atoms with van der Waals surface area (Å²) < 4.78 is 5.77. The van der Waals surface area contributed by atoms with Crippen molar-refractivity contribution in [3.8, 4) is 5.75 Å². The Morgan fingerprint density at radius 1 is 1.04 bits per heavy atom. The van der Waals surface area contributed by atoms with Crippen molar-refractivity contribution in [2.75, 3.05) is 19.6 Å². The fraction of sp³-hybridized carbons (Fsp3) is 0.528. The average molecular weight is 636 g/mol. The minimum Gasteiger partial charge on any atom is -0.508 e. The molecule has 0 radical (unpaired) electrons. The molecule has 2 aliphatic rings. The van der Waals surface area contributed by atoms with Crippen LogP contribution in [0, 0.1) is 11.3 Å². The third kappa shape index (κ3) is 8.27. The highest BCUT2D eigenvalue weighted by Gasteiger charge is 2.48. The van der Waals surface area contributed by atoms with Crippen LogP contribution >= 0.6 is 11.6 Å². The number of hydrogen-bond donors (Lipinski definition) is 3. The van der Waals surface area contributed by atoms with Gasteiger partial charge in [-0.25, -0.2) is 0 Å². The Kier molecular flexibility index (Phi) is 10.2. The Labute approximate surface area is 270 Å². The van der Waals surface area contributed by atoms with Crippen LogP contribution in [0.2, 0.25) is 5.02 Å². The first-order valence-corrected chi connectivity index (χ1v) is 16.7. The molecule has 2 fully saturated rings. The van der Waals surface area contributed by atoms with E-state index in [0.717, 1.165) is 50.9 Å². The number of piperidine rings is 1. The molecule has 0 spiro atoms. The van der Waals surface area contributed by atoms with Gasteiger partial charge in [0.2, 0.25) is 5.91 Å². The van der Waals surface area contributed by atoms with Gasteiger partial charge in [0, 0.05) is 29.2 Å². The molecule has 9 heteroatoms. The van der Waals surface area contributed by atoms with E-state index in [1.54, 1.807) is 0 Å². The fourth-order valence-electron chi connectivity index (χ4n) is 7.10. The van der Waals surface area contributed by atoms with E-state index >= 15 is 0 Å². The van der Waals surface area contributed by atoms with Crippen molar-refractivity contribution in [3.63, 3.8) is 0 Å². The molecular formula is C36H46ClN3O5. The van der Waals surface area contributed by atoms with Crippen molar-refractivity contribution >= 4 is 34.4 Å². The third-order valence-corrected chi connectivity index (χ3v) is 9.79. The first-order valence-electron chi connectivity index (χ1n) is 16.3. The van der Waals surface area contributed by atoms with Crippen LogP contribution in [0.5, 0.6) is 5.75 Å². The average Bonchev–Trinajstić information content (AvgIpc) is 3.01. The molecule has 242 valence electrons. The molecule has 2 heterocycles. The number of halogens is 1. The number of nitrogens with zero attached hydrogens (tertiary/aromatic N) is 1. The monoisotopic (exact) mass is 635 g/mol.